The second-order valence-corrected chi connectivity index (χ2v) is 6.35. The van der Waals surface area contributed by atoms with Crippen LogP contribution in [0.2, 0.25) is 0 Å². The summed E-state index contributed by atoms with van der Waals surface area (Å²) in [5.41, 5.74) is 2.72. The maximum atomic E-state index is 11.7. The number of carbonyl (C=O) groups excluding carboxylic acids is 1. The van der Waals surface area contributed by atoms with Crippen molar-refractivity contribution < 1.29 is 19.0 Å². The van der Waals surface area contributed by atoms with Gasteiger partial charge in [-0.3, -0.25) is 0 Å². The topological polar surface area (TPSA) is 85.5 Å². The highest BCUT2D eigenvalue weighted by atomic mass is 16.5. The van der Waals surface area contributed by atoms with Gasteiger partial charge in [-0.1, -0.05) is 30.3 Å². The first kappa shape index (κ1) is 19.5. The van der Waals surface area contributed by atoms with E-state index in [0.29, 0.717) is 18.0 Å². The molecule has 0 bridgehead atoms. The first-order chi connectivity index (χ1) is 13.7. The lowest BCUT2D eigenvalue weighted by Crippen LogP contribution is -2.25. The maximum Gasteiger partial charge on any atom is 0.407 e. The number of aromatic nitrogens is 2. The summed E-state index contributed by atoms with van der Waals surface area (Å²) < 4.78 is 15.8. The van der Waals surface area contributed by atoms with E-state index in [0.717, 1.165) is 41.7 Å². The zero-order valence-electron chi connectivity index (χ0n) is 16.2. The third kappa shape index (κ3) is 5.16. The van der Waals surface area contributed by atoms with Crippen LogP contribution in [0, 0.1) is 0 Å². The number of benzene rings is 2. The second kappa shape index (κ2) is 9.64. The van der Waals surface area contributed by atoms with E-state index in [1.807, 2.05) is 42.5 Å². The Morgan fingerprint density at radius 2 is 1.82 bits per heavy atom. The van der Waals surface area contributed by atoms with Crippen molar-refractivity contribution in [1.82, 2.24) is 15.3 Å². The van der Waals surface area contributed by atoms with Gasteiger partial charge in [0.15, 0.2) is 11.5 Å². The molecule has 7 nitrogen and oxygen atoms in total. The average Bonchev–Trinajstić information content (AvgIpc) is 3.13. The number of H-pyrrole nitrogens is 1. The Bertz CT molecular complexity index is 868. The number of aryl methyl sites for hydroxylation is 1. The van der Waals surface area contributed by atoms with Crippen LogP contribution in [0.1, 0.15) is 24.2 Å². The lowest BCUT2D eigenvalue weighted by Gasteiger charge is -2.06. The number of methoxy groups -OCH3 is 2. The Balaban J connectivity index is 1.39. The van der Waals surface area contributed by atoms with Gasteiger partial charge in [0.25, 0.3) is 0 Å². The molecule has 0 fully saturated rings. The van der Waals surface area contributed by atoms with Crippen LogP contribution < -0.4 is 14.8 Å². The summed E-state index contributed by atoms with van der Waals surface area (Å²) in [7, 11) is 3.22. The third-order valence-electron chi connectivity index (χ3n) is 4.36. The Morgan fingerprint density at radius 3 is 2.57 bits per heavy atom. The summed E-state index contributed by atoms with van der Waals surface area (Å²) >= 11 is 0. The van der Waals surface area contributed by atoms with Crippen molar-refractivity contribution >= 4 is 17.1 Å². The molecule has 3 rings (SSSR count). The lowest BCUT2D eigenvalue weighted by molar-refractivity contribution is 0.139. The van der Waals surface area contributed by atoms with Crippen LogP contribution in [0.25, 0.3) is 11.0 Å². The predicted molar refractivity (Wildman–Crippen MR) is 107 cm³/mol. The zero-order chi connectivity index (χ0) is 19.8. The fourth-order valence-electron chi connectivity index (χ4n) is 2.89. The molecule has 148 valence electrons. The first-order valence-corrected chi connectivity index (χ1v) is 9.24. The molecule has 1 amide bonds. The molecule has 0 aliphatic rings. The quantitative estimate of drug-likeness (QED) is 0.549. The highest BCUT2D eigenvalue weighted by Crippen LogP contribution is 2.31. The fraction of sp³-hybridized carbons (Fsp3) is 0.333. The van der Waals surface area contributed by atoms with Crippen LogP contribution >= 0.6 is 0 Å². The molecule has 2 N–H and O–H groups in total. The number of unbranched alkanes of at least 4 members (excludes halogenated alkanes) is 1. The minimum absolute atomic E-state index is 0.276. The predicted octanol–water partition coefficient (Wildman–Crippen LogP) is 3.83. The third-order valence-corrected chi connectivity index (χ3v) is 4.36. The summed E-state index contributed by atoms with van der Waals surface area (Å²) in [5, 5.41) is 2.77. The molecule has 0 aliphatic heterocycles. The number of nitrogens with zero attached hydrogens (tertiary/aromatic N) is 1. The molecule has 0 saturated heterocycles. The van der Waals surface area contributed by atoms with Crippen LogP contribution in [-0.2, 0) is 17.8 Å². The molecule has 0 aliphatic carbocycles. The second-order valence-electron chi connectivity index (χ2n) is 6.35. The molecular formula is C21H25N3O4. The number of alkyl carbamates (subject to hydrolysis) is 1. The van der Waals surface area contributed by atoms with Gasteiger partial charge >= 0.3 is 6.09 Å². The van der Waals surface area contributed by atoms with Crippen LogP contribution in [0.15, 0.2) is 42.5 Å². The van der Waals surface area contributed by atoms with E-state index in [1.54, 1.807) is 14.2 Å². The van der Waals surface area contributed by atoms with Crippen molar-refractivity contribution in [3.05, 3.63) is 53.9 Å². The van der Waals surface area contributed by atoms with E-state index in [4.69, 9.17) is 14.2 Å². The first-order valence-electron chi connectivity index (χ1n) is 9.24. The summed E-state index contributed by atoms with van der Waals surface area (Å²) in [5.74, 6) is 2.23. The van der Waals surface area contributed by atoms with Gasteiger partial charge in [0, 0.05) is 25.1 Å². The normalized spacial score (nSPS) is 10.6. The van der Waals surface area contributed by atoms with Gasteiger partial charge in [-0.05, 0) is 18.4 Å². The molecule has 7 heteroatoms. The average molecular weight is 383 g/mol. The molecule has 28 heavy (non-hydrogen) atoms. The van der Waals surface area contributed by atoms with Gasteiger partial charge in [-0.25, -0.2) is 9.78 Å². The molecular weight excluding hydrogens is 358 g/mol. The van der Waals surface area contributed by atoms with Crippen molar-refractivity contribution in [2.24, 2.45) is 0 Å². The number of amides is 1. The molecule has 0 unspecified atom stereocenters. The molecule has 0 saturated carbocycles. The number of aromatic amines is 1. The van der Waals surface area contributed by atoms with E-state index >= 15 is 0 Å². The van der Waals surface area contributed by atoms with Gasteiger partial charge in [0.05, 0.1) is 25.3 Å². The van der Waals surface area contributed by atoms with E-state index < -0.39 is 6.09 Å². The van der Waals surface area contributed by atoms with Gasteiger partial charge in [-0.15, -0.1) is 0 Å². The van der Waals surface area contributed by atoms with Crippen LogP contribution in [0.4, 0.5) is 4.79 Å². The molecule has 1 aromatic heterocycles. The molecule has 0 atom stereocenters. The van der Waals surface area contributed by atoms with Gasteiger partial charge in [0.2, 0.25) is 0 Å². The van der Waals surface area contributed by atoms with Crippen molar-refractivity contribution in [3.63, 3.8) is 0 Å². The number of fused-ring (bicyclic) bond motifs is 1. The largest absolute Gasteiger partial charge is 0.493 e. The van der Waals surface area contributed by atoms with E-state index in [9.17, 15) is 4.79 Å². The van der Waals surface area contributed by atoms with Crippen LogP contribution in [-0.4, -0.2) is 36.8 Å². The van der Waals surface area contributed by atoms with Crippen LogP contribution in [0.5, 0.6) is 11.5 Å². The number of carbonyl (C=O) groups is 1. The number of hydrogen-bond acceptors (Lipinski definition) is 5. The molecule has 1 heterocycles. The Morgan fingerprint density at radius 1 is 1.07 bits per heavy atom. The Kier molecular flexibility index (Phi) is 6.73. The van der Waals surface area contributed by atoms with Gasteiger partial charge in [-0.2, -0.15) is 0 Å². The molecule has 0 spiro atoms. The summed E-state index contributed by atoms with van der Waals surface area (Å²) in [6, 6.07) is 13.4. The van der Waals surface area contributed by atoms with Crippen molar-refractivity contribution in [2.75, 3.05) is 20.8 Å². The maximum absolute atomic E-state index is 11.7. The van der Waals surface area contributed by atoms with Crippen molar-refractivity contribution in [2.45, 2.75) is 25.9 Å². The monoisotopic (exact) mass is 383 g/mol. The van der Waals surface area contributed by atoms with Crippen molar-refractivity contribution in [3.8, 4) is 11.5 Å². The van der Waals surface area contributed by atoms with Gasteiger partial charge < -0.3 is 24.5 Å². The number of hydrogen-bond donors (Lipinski definition) is 2. The number of imidazole rings is 1. The van der Waals surface area contributed by atoms with Crippen LogP contribution in [0.3, 0.4) is 0 Å². The fourth-order valence-corrected chi connectivity index (χ4v) is 2.89. The van der Waals surface area contributed by atoms with E-state index in [2.05, 4.69) is 15.3 Å². The number of rotatable bonds is 9. The standard InChI is InChI=1S/C21H25N3O4/c1-26-18-12-16-17(13-19(18)27-2)24-20(23-16)10-6-7-11-22-21(25)28-14-15-8-4-3-5-9-15/h3-5,8-9,12-13H,6-7,10-11,14H2,1-2H3,(H,22,25)(H,23,24). The summed E-state index contributed by atoms with van der Waals surface area (Å²) in [6.07, 6.45) is 2.13. The highest BCUT2D eigenvalue weighted by Gasteiger charge is 2.10. The zero-order valence-corrected chi connectivity index (χ0v) is 16.2. The van der Waals surface area contributed by atoms with Gasteiger partial charge in [0.1, 0.15) is 12.4 Å². The molecule has 2 aromatic carbocycles. The highest BCUT2D eigenvalue weighted by molar-refractivity contribution is 5.79. The number of ether oxygens (including phenoxy) is 3. The van der Waals surface area contributed by atoms with E-state index in [1.165, 1.54) is 0 Å². The summed E-state index contributed by atoms with van der Waals surface area (Å²) in [6.45, 7) is 0.841. The van der Waals surface area contributed by atoms with E-state index in [-0.39, 0.29) is 6.61 Å². The minimum Gasteiger partial charge on any atom is -0.493 e. The number of nitrogens with one attached hydrogen (secondary N) is 2. The summed E-state index contributed by atoms with van der Waals surface area (Å²) in [4.78, 5) is 19.6. The van der Waals surface area contributed by atoms with Crippen molar-refractivity contribution in [1.29, 1.82) is 0 Å². The minimum atomic E-state index is -0.396. The molecule has 3 aromatic rings. The molecule has 0 radical (unpaired) electrons. The Labute approximate surface area is 164 Å². The Hall–Kier alpha value is -3.22. The smallest absolute Gasteiger partial charge is 0.407 e. The lowest BCUT2D eigenvalue weighted by atomic mass is 10.2. The SMILES string of the molecule is COc1cc2nc(CCCCNC(=O)OCc3ccccc3)[nH]c2cc1OC.